The first-order valence-electron chi connectivity index (χ1n) is 5.87. The van der Waals surface area contributed by atoms with Crippen LogP contribution in [-0.4, -0.2) is 29.1 Å². The number of rotatable bonds is 5. The molecule has 108 valence electrons. The number of hydrogen-bond acceptors (Lipinski definition) is 5. The van der Waals surface area contributed by atoms with E-state index in [1.807, 2.05) is 0 Å². The molecule has 2 aromatic rings. The first-order chi connectivity index (χ1) is 10.0. The third-order valence-corrected chi connectivity index (χ3v) is 2.66. The number of nitrogens with two attached hydrogens (primary N) is 1. The van der Waals surface area contributed by atoms with Crippen molar-refractivity contribution in [2.75, 3.05) is 7.11 Å². The zero-order valence-corrected chi connectivity index (χ0v) is 11.1. The molecule has 0 bridgehead atoms. The van der Waals surface area contributed by atoms with E-state index in [0.29, 0.717) is 5.75 Å². The number of aromatic nitrogens is 1. The monoisotopic (exact) mass is 288 g/mol. The molecule has 0 atom stereocenters. The first kappa shape index (κ1) is 14.3. The fourth-order valence-corrected chi connectivity index (χ4v) is 1.66. The molecule has 3 N–H and O–H groups in total. The molecule has 0 saturated carbocycles. The molecule has 0 radical (unpaired) electrons. The smallest absolute Gasteiger partial charge is 0.339 e. The summed E-state index contributed by atoms with van der Waals surface area (Å²) in [5.74, 6) is -1.57. The highest BCUT2D eigenvalue weighted by molar-refractivity contribution is 5.95. The fraction of sp³-hybridized carbons (Fsp3) is 0.0714. The number of carbonyl (C=O) groups is 2. The summed E-state index contributed by atoms with van der Waals surface area (Å²) >= 11 is 0. The Morgan fingerprint density at radius 1 is 1.24 bits per heavy atom. The fourth-order valence-electron chi connectivity index (χ4n) is 1.66. The maximum absolute atomic E-state index is 11.3. The number of nitrogens with zero attached hydrogens (tertiary/aromatic N) is 1. The average Bonchev–Trinajstić information content (AvgIpc) is 2.47. The van der Waals surface area contributed by atoms with Crippen LogP contribution in [-0.2, 0) is 0 Å². The number of aromatic carboxylic acids is 1. The minimum atomic E-state index is -1.19. The number of carboxylic acid groups (broad SMARTS) is 1. The number of hydrogen-bond donors (Lipinski definition) is 2. The Morgan fingerprint density at radius 2 is 2.00 bits per heavy atom. The van der Waals surface area contributed by atoms with Gasteiger partial charge in [0.1, 0.15) is 22.6 Å². The summed E-state index contributed by atoms with van der Waals surface area (Å²) in [5, 5.41) is 9.19. The number of carbonyl (C=O) groups excluding carboxylic acids is 1. The standard InChI is InChI=1S/C14H12N2O5/c1-20-8-4-5-11(10(7-8)14(18)19)21-13-9(12(15)17)3-2-6-16-13/h2-7H,1H3,(H2,15,17)(H,18,19). The first-order valence-corrected chi connectivity index (χ1v) is 5.87. The Balaban J connectivity index is 2.45. The van der Waals surface area contributed by atoms with E-state index in [-0.39, 0.29) is 22.8 Å². The van der Waals surface area contributed by atoms with E-state index in [2.05, 4.69) is 4.98 Å². The van der Waals surface area contributed by atoms with E-state index in [1.165, 1.54) is 43.6 Å². The highest BCUT2D eigenvalue weighted by atomic mass is 16.5. The van der Waals surface area contributed by atoms with Crippen molar-refractivity contribution in [2.45, 2.75) is 0 Å². The van der Waals surface area contributed by atoms with Gasteiger partial charge >= 0.3 is 5.97 Å². The number of methoxy groups -OCH3 is 1. The van der Waals surface area contributed by atoms with E-state index in [4.69, 9.17) is 15.2 Å². The summed E-state index contributed by atoms with van der Waals surface area (Å²) in [6.07, 6.45) is 1.41. The number of primary amides is 1. The summed E-state index contributed by atoms with van der Waals surface area (Å²) < 4.78 is 10.4. The Morgan fingerprint density at radius 3 is 2.62 bits per heavy atom. The molecule has 0 aliphatic rings. The van der Waals surface area contributed by atoms with Gasteiger partial charge in [-0.1, -0.05) is 0 Å². The quantitative estimate of drug-likeness (QED) is 0.865. The van der Waals surface area contributed by atoms with Crippen molar-refractivity contribution in [3.05, 3.63) is 47.7 Å². The van der Waals surface area contributed by atoms with Gasteiger partial charge in [-0.25, -0.2) is 9.78 Å². The van der Waals surface area contributed by atoms with Crippen LogP contribution >= 0.6 is 0 Å². The summed E-state index contributed by atoms with van der Waals surface area (Å²) in [6.45, 7) is 0. The van der Waals surface area contributed by atoms with Crippen LogP contribution in [0.15, 0.2) is 36.5 Å². The molecule has 21 heavy (non-hydrogen) atoms. The van der Waals surface area contributed by atoms with Crippen molar-refractivity contribution in [3.8, 4) is 17.4 Å². The minimum Gasteiger partial charge on any atom is -0.497 e. The second-order valence-corrected chi connectivity index (χ2v) is 3.99. The lowest BCUT2D eigenvalue weighted by atomic mass is 10.2. The zero-order valence-electron chi connectivity index (χ0n) is 11.1. The lowest BCUT2D eigenvalue weighted by molar-refractivity contribution is 0.0693. The van der Waals surface area contributed by atoms with Gasteiger partial charge in [-0.15, -0.1) is 0 Å². The van der Waals surface area contributed by atoms with Gasteiger partial charge < -0.3 is 20.3 Å². The van der Waals surface area contributed by atoms with Crippen molar-refractivity contribution in [2.24, 2.45) is 5.73 Å². The van der Waals surface area contributed by atoms with Crippen LogP contribution in [0.25, 0.3) is 0 Å². The summed E-state index contributed by atoms with van der Waals surface area (Å²) in [6, 6.07) is 7.23. The number of benzene rings is 1. The van der Waals surface area contributed by atoms with E-state index in [0.717, 1.165) is 0 Å². The predicted molar refractivity (Wildman–Crippen MR) is 72.8 cm³/mol. The molecule has 0 saturated heterocycles. The van der Waals surface area contributed by atoms with Crippen molar-refractivity contribution in [1.29, 1.82) is 0 Å². The molecule has 7 heteroatoms. The lowest BCUT2D eigenvalue weighted by Crippen LogP contribution is -2.13. The van der Waals surface area contributed by atoms with Crippen molar-refractivity contribution < 1.29 is 24.2 Å². The lowest BCUT2D eigenvalue weighted by Gasteiger charge is -2.11. The van der Waals surface area contributed by atoms with E-state index in [1.54, 1.807) is 0 Å². The predicted octanol–water partition coefficient (Wildman–Crippen LogP) is 1.68. The van der Waals surface area contributed by atoms with E-state index < -0.39 is 11.9 Å². The van der Waals surface area contributed by atoms with Crippen LogP contribution in [0.2, 0.25) is 0 Å². The number of amides is 1. The maximum atomic E-state index is 11.3. The van der Waals surface area contributed by atoms with Crippen molar-refractivity contribution in [1.82, 2.24) is 4.98 Å². The van der Waals surface area contributed by atoms with Crippen LogP contribution < -0.4 is 15.2 Å². The van der Waals surface area contributed by atoms with Crippen LogP contribution in [0.3, 0.4) is 0 Å². The Bertz CT molecular complexity index is 700. The molecule has 1 amide bonds. The Hall–Kier alpha value is -3.09. The molecule has 0 unspecified atom stereocenters. The van der Waals surface area contributed by atoms with E-state index in [9.17, 15) is 14.7 Å². The molecule has 7 nitrogen and oxygen atoms in total. The molecule has 0 spiro atoms. The van der Waals surface area contributed by atoms with Gasteiger partial charge in [0.05, 0.1) is 7.11 Å². The third-order valence-electron chi connectivity index (χ3n) is 2.66. The van der Waals surface area contributed by atoms with Gasteiger partial charge in [0.2, 0.25) is 5.88 Å². The van der Waals surface area contributed by atoms with Gasteiger partial charge in [-0.05, 0) is 30.3 Å². The molecular formula is C14H12N2O5. The van der Waals surface area contributed by atoms with Crippen LogP contribution in [0.4, 0.5) is 0 Å². The van der Waals surface area contributed by atoms with E-state index >= 15 is 0 Å². The molecule has 1 aromatic carbocycles. The molecule has 2 rings (SSSR count). The SMILES string of the molecule is COc1ccc(Oc2ncccc2C(N)=O)c(C(=O)O)c1. The number of pyridine rings is 1. The highest BCUT2D eigenvalue weighted by Crippen LogP contribution is 2.29. The number of carboxylic acids is 1. The normalized spacial score (nSPS) is 9.95. The van der Waals surface area contributed by atoms with Crippen molar-refractivity contribution in [3.63, 3.8) is 0 Å². The molecule has 0 fully saturated rings. The largest absolute Gasteiger partial charge is 0.497 e. The van der Waals surface area contributed by atoms with Crippen molar-refractivity contribution >= 4 is 11.9 Å². The van der Waals surface area contributed by atoms with Crippen LogP contribution in [0, 0.1) is 0 Å². The van der Waals surface area contributed by atoms with Gasteiger partial charge in [0.15, 0.2) is 0 Å². The van der Waals surface area contributed by atoms with Gasteiger partial charge in [-0.2, -0.15) is 0 Å². The molecule has 1 heterocycles. The van der Waals surface area contributed by atoms with Crippen LogP contribution in [0.1, 0.15) is 20.7 Å². The summed E-state index contributed by atoms with van der Waals surface area (Å²) in [4.78, 5) is 26.4. The summed E-state index contributed by atoms with van der Waals surface area (Å²) in [5.41, 5.74) is 5.16. The highest BCUT2D eigenvalue weighted by Gasteiger charge is 2.17. The van der Waals surface area contributed by atoms with Gasteiger partial charge in [-0.3, -0.25) is 4.79 Å². The third kappa shape index (κ3) is 3.08. The van der Waals surface area contributed by atoms with Crippen LogP contribution in [0.5, 0.6) is 17.4 Å². The molecular weight excluding hydrogens is 276 g/mol. The second-order valence-electron chi connectivity index (χ2n) is 3.99. The van der Waals surface area contributed by atoms with Gasteiger partial charge in [0, 0.05) is 6.20 Å². The average molecular weight is 288 g/mol. The molecule has 0 aliphatic carbocycles. The summed E-state index contributed by atoms with van der Waals surface area (Å²) in [7, 11) is 1.42. The Kier molecular flexibility index (Phi) is 4.03. The zero-order chi connectivity index (χ0) is 15.4. The second kappa shape index (κ2) is 5.91. The topological polar surface area (TPSA) is 112 Å². The van der Waals surface area contributed by atoms with Gasteiger partial charge in [0.25, 0.3) is 5.91 Å². The molecule has 0 aliphatic heterocycles. The number of ether oxygens (including phenoxy) is 2. The Labute approximate surface area is 119 Å². The maximum Gasteiger partial charge on any atom is 0.339 e. The minimum absolute atomic E-state index is 0.0319. The molecule has 1 aromatic heterocycles.